The second-order valence-electron chi connectivity index (χ2n) is 15.1. The monoisotopic (exact) mass is 742 g/mol. The van der Waals surface area contributed by atoms with E-state index in [9.17, 15) is 0 Å². The van der Waals surface area contributed by atoms with Gasteiger partial charge >= 0.3 is 0 Å². The van der Waals surface area contributed by atoms with Gasteiger partial charge in [0.15, 0.2) is 0 Å². The van der Waals surface area contributed by atoms with Gasteiger partial charge in [-0.15, -0.1) is 22.7 Å². The largest absolute Gasteiger partial charge is 0.135 e. The van der Waals surface area contributed by atoms with Crippen molar-refractivity contribution >= 4 is 128 Å². The fourth-order valence-electron chi connectivity index (χ4n) is 9.66. The van der Waals surface area contributed by atoms with Crippen LogP contribution in [0.1, 0.15) is 0 Å². The molecule has 2 heterocycles. The van der Waals surface area contributed by atoms with E-state index < -0.39 is 0 Å². The number of fused-ring (bicyclic) bond motifs is 18. The van der Waals surface area contributed by atoms with Crippen LogP contribution in [0.2, 0.25) is 0 Å². The van der Waals surface area contributed by atoms with E-state index in [4.69, 9.17) is 0 Å². The maximum atomic E-state index is 2.44. The van der Waals surface area contributed by atoms with Crippen LogP contribution in [0.5, 0.6) is 0 Å². The molecule has 0 spiro atoms. The van der Waals surface area contributed by atoms with Crippen molar-refractivity contribution in [3.63, 3.8) is 0 Å². The second kappa shape index (κ2) is 11.5. The lowest BCUT2D eigenvalue weighted by Crippen LogP contribution is -1.86. The van der Waals surface area contributed by atoms with Crippen LogP contribution in [-0.2, 0) is 0 Å². The van der Waals surface area contributed by atoms with E-state index in [1.54, 1.807) is 0 Å². The molecule has 11 aromatic carbocycles. The van der Waals surface area contributed by atoms with E-state index in [0.29, 0.717) is 0 Å². The number of hydrogen-bond donors (Lipinski definition) is 0. The minimum absolute atomic E-state index is 1.24. The Hall–Kier alpha value is -6.58. The molecule has 0 saturated heterocycles. The molecule has 0 unspecified atom stereocenters. The first kappa shape index (κ1) is 30.7. The number of rotatable bonds is 2. The molecule has 258 valence electrons. The lowest BCUT2D eigenvalue weighted by Gasteiger charge is -2.14. The van der Waals surface area contributed by atoms with E-state index in [2.05, 4.69) is 182 Å². The molecule has 0 saturated carbocycles. The van der Waals surface area contributed by atoms with Crippen LogP contribution >= 0.6 is 22.7 Å². The molecule has 0 amide bonds. The van der Waals surface area contributed by atoms with Crippen molar-refractivity contribution in [3.05, 3.63) is 182 Å². The van der Waals surface area contributed by atoms with Gasteiger partial charge in [0.2, 0.25) is 0 Å². The minimum Gasteiger partial charge on any atom is -0.135 e. The Morgan fingerprint density at radius 3 is 1.50 bits per heavy atom. The van der Waals surface area contributed by atoms with Crippen molar-refractivity contribution in [1.29, 1.82) is 0 Å². The van der Waals surface area contributed by atoms with Crippen LogP contribution in [0, 0.1) is 0 Å². The van der Waals surface area contributed by atoms with Crippen molar-refractivity contribution < 1.29 is 0 Å². The highest BCUT2D eigenvalue weighted by atomic mass is 32.1. The summed E-state index contributed by atoms with van der Waals surface area (Å²) in [5, 5.41) is 21.0. The third-order valence-corrected chi connectivity index (χ3v) is 14.5. The molecule has 0 aliphatic carbocycles. The normalized spacial score (nSPS) is 12.3. The van der Waals surface area contributed by atoms with Crippen LogP contribution < -0.4 is 0 Å². The van der Waals surface area contributed by atoms with Gasteiger partial charge in [-0.2, -0.15) is 0 Å². The van der Waals surface area contributed by atoms with Crippen molar-refractivity contribution in [2.45, 2.75) is 0 Å². The van der Waals surface area contributed by atoms with Gasteiger partial charge in [0, 0.05) is 40.3 Å². The van der Waals surface area contributed by atoms with Crippen LogP contribution in [-0.4, -0.2) is 0 Å². The highest BCUT2D eigenvalue weighted by molar-refractivity contribution is 7.26. The number of benzene rings is 11. The molecular formula is C54H30S2. The highest BCUT2D eigenvalue weighted by Crippen LogP contribution is 2.46. The zero-order valence-corrected chi connectivity index (χ0v) is 31.8. The van der Waals surface area contributed by atoms with E-state index in [0.717, 1.165) is 0 Å². The molecule has 0 bridgehead atoms. The van der Waals surface area contributed by atoms with E-state index in [-0.39, 0.29) is 0 Å². The average Bonchev–Trinajstić information content (AvgIpc) is 3.83. The summed E-state index contributed by atoms with van der Waals surface area (Å²) in [7, 11) is 0. The Morgan fingerprint density at radius 2 is 0.696 bits per heavy atom. The van der Waals surface area contributed by atoms with Crippen molar-refractivity contribution in [1.82, 2.24) is 0 Å². The Morgan fingerprint density at radius 1 is 0.232 bits per heavy atom. The van der Waals surface area contributed by atoms with Gasteiger partial charge in [-0.05, 0) is 135 Å². The average molecular weight is 743 g/mol. The van der Waals surface area contributed by atoms with E-state index in [1.807, 2.05) is 22.7 Å². The van der Waals surface area contributed by atoms with Crippen LogP contribution in [0.25, 0.3) is 127 Å². The summed E-state index contributed by atoms with van der Waals surface area (Å²) >= 11 is 3.78. The Labute approximate surface area is 330 Å². The molecule has 13 rings (SSSR count). The third-order valence-electron chi connectivity index (χ3n) is 12.2. The van der Waals surface area contributed by atoms with Gasteiger partial charge in [0.05, 0.1) is 0 Å². The maximum absolute atomic E-state index is 2.44. The summed E-state index contributed by atoms with van der Waals surface area (Å²) in [5.41, 5.74) is 5.03. The lowest BCUT2D eigenvalue weighted by atomic mass is 9.90. The van der Waals surface area contributed by atoms with Crippen molar-refractivity contribution in [2.75, 3.05) is 0 Å². The summed E-state index contributed by atoms with van der Waals surface area (Å²) in [5.74, 6) is 0. The number of thiophene rings is 2. The summed E-state index contributed by atoms with van der Waals surface area (Å²) in [6, 6.07) is 68.5. The summed E-state index contributed by atoms with van der Waals surface area (Å²) in [4.78, 5) is 0. The molecule has 0 aliphatic rings. The third kappa shape index (κ3) is 4.29. The molecule has 0 atom stereocenters. The molecule has 0 aliphatic heterocycles. The Balaban J connectivity index is 1.03. The molecule has 0 N–H and O–H groups in total. The standard InChI is InChI=1S/C54H30S2/c1-2-10-35-31(9-1)17-21-40-36-11-3-5-13-38(36)44(30-46(35)40)34-20-25-51-48(29-34)47-28-33(19-24-50(47)55-51)32-18-22-42-45(27-32)39-14-6-4-12-37(39)41-23-26-52-54(53(41)42)43-15-7-8-16-49(43)56-52/h1-30H. The molecular weight excluding hydrogens is 713 g/mol. The summed E-state index contributed by atoms with van der Waals surface area (Å²) in [6.07, 6.45) is 0. The smallest absolute Gasteiger partial charge is 0.0362 e. The van der Waals surface area contributed by atoms with Crippen molar-refractivity contribution in [3.8, 4) is 22.3 Å². The van der Waals surface area contributed by atoms with Crippen LogP contribution in [0.15, 0.2) is 182 Å². The molecule has 0 radical (unpaired) electrons. The van der Waals surface area contributed by atoms with Gasteiger partial charge in [0.25, 0.3) is 0 Å². The molecule has 0 nitrogen and oxygen atoms in total. The van der Waals surface area contributed by atoms with Gasteiger partial charge < -0.3 is 0 Å². The number of hydrogen-bond acceptors (Lipinski definition) is 2. The molecule has 0 fully saturated rings. The molecule has 56 heavy (non-hydrogen) atoms. The second-order valence-corrected chi connectivity index (χ2v) is 17.3. The van der Waals surface area contributed by atoms with Gasteiger partial charge in [0.1, 0.15) is 0 Å². The zero-order valence-electron chi connectivity index (χ0n) is 30.1. The van der Waals surface area contributed by atoms with Gasteiger partial charge in [-0.3, -0.25) is 0 Å². The fourth-order valence-corrected chi connectivity index (χ4v) is 11.8. The first-order valence-corrected chi connectivity index (χ1v) is 20.9. The molecule has 2 aromatic heterocycles. The maximum Gasteiger partial charge on any atom is 0.0362 e. The molecule has 13 aromatic rings. The van der Waals surface area contributed by atoms with Crippen LogP contribution in [0.3, 0.4) is 0 Å². The van der Waals surface area contributed by atoms with Gasteiger partial charge in [-0.1, -0.05) is 133 Å². The van der Waals surface area contributed by atoms with Gasteiger partial charge in [-0.25, -0.2) is 0 Å². The minimum atomic E-state index is 1.24. The van der Waals surface area contributed by atoms with Crippen molar-refractivity contribution in [2.24, 2.45) is 0 Å². The predicted molar refractivity (Wildman–Crippen MR) is 248 cm³/mol. The predicted octanol–water partition coefficient (Wildman–Crippen LogP) is 16.7. The first-order valence-electron chi connectivity index (χ1n) is 19.2. The summed E-state index contributed by atoms with van der Waals surface area (Å²) < 4.78 is 5.33. The first-order chi connectivity index (χ1) is 27.7. The highest BCUT2D eigenvalue weighted by Gasteiger charge is 2.17. The summed E-state index contributed by atoms with van der Waals surface area (Å²) in [6.45, 7) is 0. The quantitative estimate of drug-likeness (QED) is 0.155. The zero-order chi connectivity index (χ0) is 36.5. The van der Waals surface area contributed by atoms with E-state index >= 15 is 0 Å². The fraction of sp³-hybridized carbons (Fsp3) is 0. The molecule has 2 heteroatoms. The Bertz CT molecular complexity index is 3820. The lowest BCUT2D eigenvalue weighted by molar-refractivity contribution is 1.71. The SMILES string of the molecule is c1ccc2c(c1)ccc1c3ccccc3c(-c3ccc4sc5ccc(-c6ccc7c(c6)c6ccccc6c6ccc8sc9ccccc9c8c67)cc5c4c3)cc21. The Kier molecular flexibility index (Phi) is 6.29. The topological polar surface area (TPSA) is 0 Å². The van der Waals surface area contributed by atoms with E-state index in [1.165, 1.54) is 127 Å². The van der Waals surface area contributed by atoms with Crippen LogP contribution in [0.4, 0.5) is 0 Å².